The van der Waals surface area contributed by atoms with Crippen LogP contribution in [-0.2, 0) is 4.57 Å². The number of fused-ring (bicyclic) bond motifs is 1. The first-order valence-electron chi connectivity index (χ1n) is 9.05. The maximum atomic E-state index is 13.1. The van der Waals surface area contributed by atoms with Gasteiger partial charge >= 0.3 is 5.51 Å². The smallest absolute Gasteiger partial charge is 0.446 e. The van der Waals surface area contributed by atoms with Crippen LogP contribution in [-0.4, -0.2) is 43.5 Å². The van der Waals surface area contributed by atoms with Crippen molar-refractivity contribution in [3.05, 3.63) is 52.2 Å². The second-order valence-corrected chi connectivity index (χ2v) is 11.7. The predicted molar refractivity (Wildman–Crippen MR) is 121 cm³/mol. The van der Waals surface area contributed by atoms with Crippen molar-refractivity contribution in [2.45, 2.75) is 11.6 Å². The number of nitrogens with zero attached hydrogens (tertiary/aromatic N) is 1. The maximum absolute atomic E-state index is 13.1. The minimum atomic E-state index is -4.45. The van der Waals surface area contributed by atoms with E-state index in [-0.39, 0.29) is 28.4 Å². The zero-order valence-electron chi connectivity index (χ0n) is 16.9. The fourth-order valence-electron chi connectivity index (χ4n) is 2.93. The summed E-state index contributed by atoms with van der Waals surface area (Å²) in [5.41, 5.74) is -0.597. The second kappa shape index (κ2) is 9.25. The summed E-state index contributed by atoms with van der Waals surface area (Å²) < 4.78 is 56.8. The Morgan fingerprint density at radius 3 is 2.77 bits per heavy atom. The number of nitrogens with one attached hydrogen (secondary N) is 2. The molecule has 0 bridgehead atoms. The topological polar surface area (TPSA) is 53.6 Å². The molecule has 2 N–H and O–H groups in total. The fourth-order valence-corrected chi connectivity index (χ4v) is 4.75. The van der Waals surface area contributed by atoms with Gasteiger partial charge in [0.05, 0.1) is 25.0 Å². The molecule has 2 aliphatic rings. The van der Waals surface area contributed by atoms with E-state index in [9.17, 15) is 17.7 Å². The number of hydrogen-bond donors (Lipinski definition) is 2. The summed E-state index contributed by atoms with van der Waals surface area (Å²) in [6.07, 6.45) is 4.72. The van der Waals surface area contributed by atoms with Crippen molar-refractivity contribution in [3.63, 3.8) is 0 Å². The largest absolute Gasteiger partial charge is 0.495 e. The Hall–Kier alpha value is -1.98. The molecule has 31 heavy (non-hydrogen) atoms. The molecule has 3 rings (SSSR count). The molecule has 1 aromatic carbocycles. The lowest BCUT2D eigenvalue weighted by atomic mass is 10.2. The Bertz CT molecular complexity index is 1070. The first-order valence-corrected chi connectivity index (χ1v) is 12.8. The van der Waals surface area contributed by atoms with Crippen LogP contribution in [0.15, 0.2) is 52.2 Å². The van der Waals surface area contributed by atoms with Gasteiger partial charge in [-0.3, -0.25) is 5.01 Å². The Balaban J connectivity index is 1.75. The van der Waals surface area contributed by atoms with E-state index in [0.29, 0.717) is 22.4 Å². The van der Waals surface area contributed by atoms with Gasteiger partial charge in [0.1, 0.15) is 24.1 Å². The van der Waals surface area contributed by atoms with Crippen LogP contribution in [0.1, 0.15) is 0 Å². The lowest BCUT2D eigenvalue weighted by Gasteiger charge is -2.21. The van der Waals surface area contributed by atoms with Crippen LogP contribution in [0.4, 0.5) is 18.9 Å². The normalized spacial score (nSPS) is 18.4. The summed E-state index contributed by atoms with van der Waals surface area (Å²) in [6.45, 7) is 3.51. The van der Waals surface area contributed by atoms with Gasteiger partial charge in [-0.2, -0.15) is 13.2 Å². The molecule has 0 aromatic heterocycles. The van der Waals surface area contributed by atoms with Gasteiger partial charge in [-0.25, -0.2) is 5.43 Å². The molecule has 0 aliphatic carbocycles. The van der Waals surface area contributed by atoms with E-state index in [1.165, 1.54) is 12.1 Å². The van der Waals surface area contributed by atoms with Crippen molar-refractivity contribution in [1.29, 1.82) is 0 Å². The molecule has 0 fully saturated rings. The van der Waals surface area contributed by atoms with Crippen LogP contribution in [0.3, 0.4) is 0 Å². The average Bonchev–Trinajstić information content (AvgIpc) is 3.02. The highest BCUT2D eigenvalue weighted by Crippen LogP contribution is 2.44. The highest BCUT2D eigenvalue weighted by molar-refractivity contribution is 8.04. The lowest BCUT2D eigenvalue weighted by Crippen LogP contribution is -2.35. The van der Waals surface area contributed by atoms with E-state index < -0.39 is 18.7 Å². The number of allylic oxidation sites excluding steroid dienone is 3. The van der Waals surface area contributed by atoms with Crippen molar-refractivity contribution in [3.8, 4) is 17.6 Å². The molecule has 5 nitrogen and oxygen atoms in total. The second-order valence-electron chi connectivity index (χ2n) is 6.95. The molecule has 0 radical (unpaired) electrons. The van der Waals surface area contributed by atoms with E-state index in [0.717, 1.165) is 0 Å². The third kappa shape index (κ3) is 5.83. The lowest BCUT2D eigenvalue weighted by molar-refractivity contribution is -0.0322. The van der Waals surface area contributed by atoms with Gasteiger partial charge in [-0.05, 0) is 55.4 Å². The number of halogens is 4. The molecule has 0 saturated heterocycles. The van der Waals surface area contributed by atoms with Crippen molar-refractivity contribution in [1.82, 2.24) is 10.4 Å². The van der Waals surface area contributed by atoms with E-state index in [4.69, 9.17) is 16.3 Å². The van der Waals surface area contributed by atoms with Crippen LogP contribution in [0.25, 0.3) is 0 Å². The van der Waals surface area contributed by atoms with Gasteiger partial charge in [0.2, 0.25) is 0 Å². The van der Waals surface area contributed by atoms with Crippen LogP contribution in [0.5, 0.6) is 5.75 Å². The Morgan fingerprint density at radius 2 is 2.13 bits per heavy atom. The quantitative estimate of drug-likeness (QED) is 0.356. The monoisotopic (exact) mass is 489 g/mol. The van der Waals surface area contributed by atoms with Crippen LogP contribution in [0.2, 0.25) is 0 Å². The summed E-state index contributed by atoms with van der Waals surface area (Å²) in [6, 6.07) is 4.34. The molecule has 2 heterocycles. The summed E-state index contributed by atoms with van der Waals surface area (Å²) in [7, 11) is -0.933. The number of anilines is 1. The van der Waals surface area contributed by atoms with E-state index in [1.54, 1.807) is 49.8 Å². The molecule has 2 aliphatic heterocycles. The first kappa shape index (κ1) is 23.7. The number of methoxy groups -OCH3 is 1. The Labute approximate surface area is 188 Å². The Morgan fingerprint density at radius 1 is 1.39 bits per heavy atom. The maximum Gasteiger partial charge on any atom is 0.446 e. The number of hydrazine groups is 1. The predicted octanol–water partition coefficient (Wildman–Crippen LogP) is 4.66. The minimum absolute atomic E-state index is 0.0334. The van der Waals surface area contributed by atoms with Crippen molar-refractivity contribution < 1.29 is 22.5 Å². The Kier molecular flexibility index (Phi) is 7.07. The molecule has 1 aromatic rings. The van der Waals surface area contributed by atoms with E-state index in [1.807, 2.05) is 0 Å². The first-order chi connectivity index (χ1) is 14.5. The standard InChI is InChI=1S/C20H20ClF3N3O2PS/c1-29-17-12-13(30(2,3)28)9-10-14(17)25-11-5-6-15-19(31-20(22,23)24)16-7-4-8-18(21)27(16)26-15/h4,7-10,12,15,25-26H,11H2,1-3H3. The van der Waals surface area contributed by atoms with Crippen molar-refractivity contribution >= 4 is 41.5 Å². The third-order valence-corrected chi connectivity index (χ3v) is 7.07. The van der Waals surface area contributed by atoms with Gasteiger partial charge in [-0.15, -0.1) is 0 Å². The van der Waals surface area contributed by atoms with Gasteiger partial charge in [0.15, 0.2) is 0 Å². The number of alkyl halides is 3. The van der Waals surface area contributed by atoms with Crippen molar-refractivity contribution in [2.24, 2.45) is 0 Å². The fraction of sp³-hybridized carbons (Fsp3) is 0.300. The zero-order valence-corrected chi connectivity index (χ0v) is 19.3. The number of rotatable bonds is 5. The third-order valence-electron chi connectivity index (χ3n) is 4.36. The number of hydrogen-bond acceptors (Lipinski definition) is 6. The van der Waals surface area contributed by atoms with Crippen LogP contribution in [0, 0.1) is 11.8 Å². The molecule has 166 valence electrons. The average molecular weight is 490 g/mol. The van der Waals surface area contributed by atoms with Gasteiger partial charge < -0.3 is 14.6 Å². The zero-order chi connectivity index (χ0) is 22.8. The molecule has 1 unspecified atom stereocenters. The van der Waals surface area contributed by atoms with Gasteiger partial charge in [0, 0.05) is 10.2 Å². The molecule has 11 heteroatoms. The van der Waals surface area contributed by atoms with Gasteiger partial charge in [0.25, 0.3) is 0 Å². The summed E-state index contributed by atoms with van der Waals surface area (Å²) >= 11 is 5.89. The number of benzene rings is 1. The molecule has 0 amide bonds. The van der Waals surface area contributed by atoms with Gasteiger partial charge in [-0.1, -0.05) is 29.5 Å². The molecule has 0 spiro atoms. The number of ether oxygens (including phenoxy) is 1. The molecular formula is C20H20ClF3N3O2PS. The summed E-state index contributed by atoms with van der Waals surface area (Å²) in [4.78, 5) is 0.0334. The van der Waals surface area contributed by atoms with Crippen LogP contribution >= 0.6 is 30.5 Å². The van der Waals surface area contributed by atoms with E-state index in [2.05, 4.69) is 22.6 Å². The van der Waals surface area contributed by atoms with Crippen molar-refractivity contribution in [2.75, 3.05) is 32.3 Å². The summed E-state index contributed by atoms with van der Waals surface area (Å²) in [5.74, 6) is 6.19. The molecule has 0 saturated carbocycles. The SMILES string of the molecule is COc1cc(P(C)(C)=O)ccc1NCC#CC1NN2C(Cl)=CC=CC2=C1SC(F)(F)F. The minimum Gasteiger partial charge on any atom is -0.495 e. The highest BCUT2D eigenvalue weighted by atomic mass is 35.5. The molecule has 1 atom stereocenters. The summed E-state index contributed by atoms with van der Waals surface area (Å²) in [5, 5.41) is 5.41. The van der Waals surface area contributed by atoms with Crippen LogP contribution < -0.4 is 20.8 Å². The number of thioether (sulfide) groups is 1. The molecular weight excluding hydrogens is 470 g/mol. The highest BCUT2D eigenvalue weighted by Gasteiger charge is 2.40. The van der Waals surface area contributed by atoms with E-state index >= 15 is 0 Å².